The highest BCUT2D eigenvalue weighted by Gasteiger charge is 2.28. The number of hydrogen-bond acceptors (Lipinski definition) is 6. The van der Waals surface area contributed by atoms with E-state index in [2.05, 4.69) is 19.1 Å². The number of carbonyl (C=O) groups excluding carboxylic acids is 1. The first kappa shape index (κ1) is 18.4. The summed E-state index contributed by atoms with van der Waals surface area (Å²) in [6, 6.07) is 11.6. The van der Waals surface area contributed by atoms with Gasteiger partial charge in [-0.25, -0.2) is 4.98 Å². The van der Waals surface area contributed by atoms with Crippen molar-refractivity contribution in [1.82, 2.24) is 4.98 Å². The molecule has 0 radical (unpaired) electrons. The Hall–Kier alpha value is -2.64. The number of carbonyl (C=O) groups is 1. The number of anilines is 1. The molecule has 1 saturated heterocycles. The summed E-state index contributed by atoms with van der Waals surface area (Å²) in [7, 11) is 0. The molecule has 1 atom stereocenters. The zero-order chi connectivity index (χ0) is 19.8. The Labute approximate surface area is 173 Å². The van der Waals surface area contributed by atoms with Gasteiger partial charge in [0.1, 0.15) is 0 Å². The van der Waals surface area contributed by atoms with Gasteiger partial charge in [0.15, 0.2) is 16.6 Å². The Kier molecular flexibility index (Phi) is 4.85. The topological polar surface area (TPSA) is 60.9 Å². The number of thiazole rings is 1. The maximum absolute atomic E-state index is 13.5. The van der Waals surface area contributed by atoms with Crippen LogP contribution in [0.5, 0.6) is 11.5 Å². The van der Waals surface area contributed by atoms with Gasteiger partial charge in [-0.05, 0) is 55.2 Å². The molecule has 2 aromatic carbocycles. The third kappa shape index (κ3) is 3.56. The fourth-order valence-electron chi connectivity index (χ4n) is 3.72. The second kappa shape index (κ2) is 7.65. The van der Waals surface area contributed by atoms with Crippen LogP contribution in [0.25, 0.3) is 10.2 Å². The number of amides is 1. The highest BCUT2D eigenvalue weighted by molar-refractivity contribution is 7.22. The van der Waals surface area contributed by atoms with Crippen LogP contribution < -0.4 is 14.4 Å². The second-order valence-corrected chi connectivity index (χ2v) is 8.28. The number of aromatic nitrogens is 1. The summed E-state index contributed by atoms with van der Waals surface area (Å²) in [6.45, 7) is 3.56. The average Bonchev–Trinajstić information content (AvgIpc) is 3.50. The highest BCUT2D eigenvalue weighted by atomic mass is 32.1. The first-order chi connectivity index (χ1) is 14.2. The minimum absolute atomic E-state index is 0.0335. The number of rotatable bonds is 5. The van der Waals surface area contributed by atoms with Gasteiger partial charge in [0, 0.05) is 12.2 Å². The normalized spacial score (nSPS) is 17.8. The number of nitrogens with zero attached hydrogens (tertiary/aromatic N) is 2. The molecule has 3 aromatic rings. The molecule has 0 bridgehead atoms. The number of hydrogen-bond donors (Lipinski definition) is 0. The SMILES string of the molecule is CCc1ccc2nc(N(CC3CCCO3)C(=O)c3ccc4c(c3)OCO4)sc2c1. The van der Waals surface area contributed by atoms with Crippen molar-refractivity contribution in [2.45, 2.75) is 32.3 Å². The lowest BCUT2D eigenvalue weighted by atomic mass is 10.1. The van der Waals surface area contributed by atoms with Crippen LogP contribution in [0.2, 0.25) is 0 Å². The molecule has 0 spiro atoms. The van der Waals surface area contributed by atoms with Crippen LogP contribution in [-0.4, -0.2) is 36.9 Å². The maximum atomic E-state index is 13.5. The summed E-state index contributed by atoms with van der Waals surface area (Å²) in [5.74, 6) is 1.16. The van der Waals surface area contributed by atoms with E-state index in [4.69, 9.17) is 19.2 Å². The maximum Gasteiger partial charge on any atom is 0.260 e. The van der Waals surface area contributed by atoms with Crippen LogP contribution in [0.15, 0.2) is 36.4 Å². The fourth-order valence-corrected chi connectivity index (χ4v) is 4.75. The summed E-state index contributed by atoms with van der Waals surface area (Å²) in [5.41, 5.74) is 2.74. The number of ether oxygens (including phenoxy) is 3. The van der Waals surface area contributed by atoms with Crippen LogP contribution in [-0.2, 0) is 11.2 Å². The molecule has 7 heteroatoms. The van der Waals surface area contributed by atoms with E-state index < -0.39 is 0 Å². The van der Waals surface area contributed by atoms with Crippen molar-refractivity contribution in [2.24, 2.45) is 0 Å². The van der Waals surface area contributed by atoms with Crippen LogP contribution >= 0.6 is 11.3 Å². The van der Waals surface area contributed by atoms with Gasteiger partial charge in [0.2, 0.25) is 6.79 Å². The summed E-state index contributed by atoms with van der Waals surface area (Å²) in [5, 5.41) is 0.700. The van der Waals surface area contributed by atoms with Crippen molar-refractivity contribution >= 4 is 32.6 Å². The van der Waals surface area contributed by atoms with Gasteiger partial charge in [-0.1, -0.05) is 24.3 Å². The van der Waals surface area contributed by atoms with Crippen molar-refractivity contribution in [3.63, 3.8) is 0 Å². The van der Waals surface area contributed by atoms with Crippen LogP contribution in [0.4, 0.5) is 5.13 Å². The molecule has 5 rings (SSSR count). The Bertz CT molecular complexity index is 1060. The average molecular weight is 410 g/mol. The minimum atomic E-state index is -0.103. The van der Waals surface area contributed by atoms with E-state index in [0.29, 0.717) is 28.7 Å². The summed E-state index contributed by atoms with van der Waals surface area (Å²) in [4.78, 5) is 20.0. The molecule has 150 valence electrons. The molecule has 0 N–H and O–H groups in total. The molecule has 1 amide bonds. The lowest BCUT2D eigenvalue weighted by Crippen LogP contribution is -2.37. The fraction of sp³-hybridized carbons (Fsp3) is 0.364. The van der Waals surface area contributed by atoms with E-state index in [1.54, 1.807) is 34.4 Å². The van der Waals surface area contributed by atoms with Crippen molar-refractivity contribution in [3.05, 3.63) is 47.5 Å². The summed E-state index contributed by atoms with van der Waals surface area (Å²) >= 11 is 1.55. The first-order valence-electron chi connectivity index (χ1n) is 9.94. The van der Waals surface area contributed by atoms with Crippen LogP contribution in [0.3, 0.4) is 0 Å². The number of fused-ring (bicyclic) bond motifs is 2. The van der Waals surface area contributed by atoms with E-state index in [1.165, 1.54) is 5.56 Å². The Morgan fingerprint density at radius 3 is 2.93 bits per heavy atom. The summed E-state index contributed by atoms with van der Waals surface area (Å²) in [6.07, 6.45) is 2.98. The van der Waals surface area contributed by atoms with Crippen molar-refractivity contribution in [1.29, 1.82) is 0 Å². The zero-order valence-corrected chi connectivity index (χ0v) is 17.0. The number of aryl methyl sites for hydroxylation is 1. The Morgan fingerprint density at radius 2 is 2.10 bits per heavy atom. The van der Waals surface area contributed by atoms with Crippen molar-refractivity contribution in [3.8, 4) is 11.5 Å². The largest absolute Gasteiger partial charge is 0.454 e. The van der Waals surface area contributed by atoms with E-state index in [9.17, 15) is 4.79 Å². The van der Waals surface area contributed by atoms with E-state index in [0.717, 1.165) is 36.1 Å². The molecule has 3 heterocycles. The van der Waals surface area contributed by atoms with E-state index >= 15 is 0 Å². The smallest absolute Gasteiger partial charge is 0.260 e. The summed E-state index contributed by atoms with van der Waals surface area (Å²) < 4.78 is 17.7. The van der Waals surface area contributed by atoms with Gasteiger partial charge in [-0.2, -0.15) is 0 Å². The standard InChI is InChI=1S/C22H22N2O4S/c1-2-14-5-7-17-20(10-14)29-22(23-17)24(12-16-4-3-9-26-16)21(25)15-6-8-18-19(11-15)28-13-27-18/h5-8,10-11,16H,2-4,9,12-13H2,1H3. The quantitative estimate of drug-likeness (QED) is 0.623. The molecule has 29 heavy (non-hydrogen) atoms. The van der Waals surface area contributed by atoms with Crippen molar-refractivity contribution < 1.29 is 19.0 Å². The van der Waals surface area contributed by atoms with Gasteiger partial charge >= 0.3 is 0 Å². The van der Waals surface area contributed by atoms with E-state index in [1.807, 2.05) is 6.07 Å². The van der Waals surface area contributed by atoms with Crippen molar-refractivity contribution in [2.75, 3.05) is 24.8 Å². The van der Waals surface area contributed by atoms with Gasteiger partial charge in [-0.3, -0.25) is 9.69 Å². The molecule has 1 fully saturated rings. The molecule has 0 saturated carbocycles. The van der Waals surface area contributed by atoms with Gasteiger partial charge in [0.25, 0.3) is 5.91 Å². The molecule has 6 nitrogen and oxygen atoms in total. The van der Waals surface area contributed by atoms with Crippen LogP contribution in [0.1, 0.15) is 35.7 Å². The van der Waals surface area contributed by atoms with Gasteiger partial charge < -0.3 is 14.2 Å². The third-order valence-electron chi connectivity index (χ3n) is 5.36. The predicted molar refractivity (Wildman–Crippen MR) is 112 cm³/mol. The van der Waals surface area contributed by atoms with Crippen LogP contribution in [0, 0.1) is 0 Å². The van der Waals surface area contributed by atoms with Gasteiger partial charge in [0.05, 0.1) is 22.9 Å². The first-order valence-corrected chi connectivity index (χ1v) is 10.8. The molecule has 1 aromatic heterocycles. The molecular formula is C22H22N2O4S. The monoisotopic (exact) mass is 410 g/mol. The molecule has 2 aliphatic rings. The molecular weight excluding hydrogens is 388 g/mol. The highest BCUT2D eigenvalue weighted by Crippen LogP contribution is 2.35. The number of benzene rings is 2. The lowest BCUT2D eigenvalue weighted by Gasteiger charge is -2.23. The predicted octanol–water partition coefficient (Wildman–Crippen LogP) is 4.41. The minimum Gasteiger partial charge on any atom is -0.454 e. The third-order valence-corrected chi connectivity index (χ3v) is 6.40. The Balaban J connectivity index is 1.51. The van der Waals surface area contributed by atoms with E-state index in [-0.39, 0.29) is 18.8 Å². The lowest BCUT2D eigenvalue weighted by molar-refractivity contribution is 0.0917. The molecule has 0 aliphatic carbocycles. The molecule has 2 aliphatic heterocycles. The molecule has 1 unspecified atom stereocenters. The Morgan fingerprint density at radius 1 is 1.21 bits per heavy atom. The zero-order valence-electron chi connectivity index (χ0n) is 16.2. The second-order valence-electron chi connectivity index (χ2n) is 7.27. The van der Waals surface area contributed by atoms with Gasteiger partial charge in [-0.15, -0.1) is 0 Å².